The third-order valence-corrected chi connectivity index (χ3v) is 4.93. The van der Waals surface area contributed by atoms with Crippen LogP contribution in [0.25, 0.3) is 0 Å². The van der Waals surface area contributed by atoms with Crippen LogP contribution in [-0.2, 0) is 4.79 Å². The predicted molar refractivity (Wildman–Crippen MR) is 90.4 cm³/mol. The topological polar surface area (TPSA) is 52.7 Å². The summed E-state index contributed by atoms with van der Waals surface area (Å²) in [6.07, 6.45) is 4.95. The van der Waals surface area contributed by atoms with Gasteiger partial charge < -0.3 is 15.1 Å². The molecule has 2 saturated heterocycles. The lowest BCUT2D eigenvalue weighted by atomic mass is 10.0. The van der Waals surface area contributed by atoms with Gasteiger partial charge >= 0.3 is 6.03 Å². The Balaban J connectivity index is 1.62. The first-order valence-electron chi connectivity index (χ1n) is 8.64. The Labute approximate surface area is 137 Å². The van der Waals surface area contributed by atoms with Gasteiger partial charge in [0.25, 0.3) is 0 Å². The highest BCUT2D eigenvalue weighted by Gasteiger charge is 2.35. The van der Waals surface area contributed by atoms with Gasteiger partial charge in [-0.05, 0) is 44.2 Å². The van der Waals surface area contributed by atoms with Gasteiger partial charge in [-0.3, -0.25) is 4.79 Å². The van der Waals surface area contributed by atoms with Crippen LogP contribution in [0.2, 0.25) is 0 Å². The Morgan fingerprint density at radius 1 is 1.17 bits per heavy atom. The summed E-state index contributed by atoms with van der Waals surface area (Å²) in [5, 5.41) is 2.96. The summed E-state index contributed by atoms with van der Waals surface area (Å²) >= 11 is 0. The molecular formula is C18H25N3O2. The highest BCUT2D eigenvalue weighted by atomic mass is 16.2. The van der Waals surface area contributed by atoms with Crippen LogP contribution in [0.4, 0.5) is 10.5 Å². The first kappa shape index (κ1) is 15.8. The maximum Gasteiger partial charge on any atom is 0.318 e. The second-order valence-electron chi connectivity index (χ2n) is 6.37. The van der Waals surface area contributed by atoms with E-state index in [4.69, 9.17) is 0 Å². The molecule has 2 unspecified atom stereocenters. The lowest BCUT2D eigenvalue weighted by molar-refractivity contribution is -0.118. The van der Waals surface area contributed by atoms with E-state index in [1.165, 1.54) is 6.42 Å². The molecule has 1 aromatic rings. The summed E-state index contributed by atoms with van der Waals surface area (Å²) in [6.45, 7) is 3.58. The van der Waals surface area contributed by atoms with Gasteiger partial charge in [-0.25, -0.2) is 4.79 Å². The first-order chi connectivity index (χ1) is 11.2. The fourth-order valence-corrected chi connectivity index (χ4v) is 3.60. The van der Waals surface area contributed by atoms with Gasteiger partial charge in [0.05, 0.1) is 0 Å². The number of piperidine rings is 1. The van der Waals surface area contributed by atoms with Crippen LogP contribution in [0.15, 0.2) is 30.3 Å². The van der Waals surface area contributed by atoms with Crippen LogP contribution >= 0.6 is 0 Å². The maximum atomic E-state index is 12.6. The van der Waals surface area contributed by atoms with Crippen molar-refractivity contribution in [2.45, 2.75) is 51.1 Å². The highest BCUT2D eigenvalue weighted by molar-refractivity contribution is 6.01. The Kier molecular flexibility index (Phi) is 4.84. The number of likely N-dealkylation sites (tertiary alicyclic amines) is 1. The van der Waals surface area contributed by atoms with Crippen molar-refractivity contribution in [1.29, 1.82) is 0 Å². The Morgan fingerprint density at radius 3 is 2.70 bits per heavy atom. The van der Waals surface area contributed by atoms with E-state index in [2.05, 4.69) is 12.2 Å². The van der Waals surface area contributed by atoms with Crippen molar-refractivity contribution in [3.05, 3.63) is 30.3 Å². The second-order valence-corrected chi connectivity index (χ2v) is 6.37. The molecule has 5 nitrogen and oxygen atoms in total. The van der Waals surface area contributed by atoms with E-state index in [1.807, 2.05) is 35.2 Å². The van der Waals surface area contributed by atoms with E-state index in [-0.39, 0.29) is 11.9 Å². The quantitative estimate of drug-likeness (QED) is 0.932. The molecule has 124 valence electrons. The van der Waals surface area contributed by atoms with E-state index in [0.29, 0.717) is 19.0 Å². The van der Waals surface area contributed by atoms with Gasteiger partial charge in [0.1, 0.15) is 6.04 Å². The number of urea groups is 1. The summed E-state index contributed by atoms with van der Waals surface area (Å²) in [4.78, 5) is 28.8. The van der Waals surface area contributed by atoms with Crippen molar-refractivity contribution in [2.75, 3.05) is 18.0 Å². The molecule has 0 saturated carbocycles. The molecule has 2 aliphatic heterocycles. The molecule has 2 heterocycles. The van der Waals surface area contributed by atoms with Gasteiger partial charge in [-0.15, -0.1) is 0 Å². The van der Waals surface area contributed by atoms with Crippen LogP contribution in [0, 0.1) is 0 Å². The normalized spacial score (nSPS) is 24.8. The summed E-state index contributed by atoms with van der Waals surface area (Å²) in [5.41, 5.74) is 0.902. The molecule has 3 rings (SSSR count). The van der Waals surface area contributed by atoms with Crippen LogP contribution in [0.3, 0.4) is 0 Å². The molecular weight excluding hydrogens is 290 g/mol. The van der Waals surface area contributed by atoms with E-state index in [0.717, 1.165) is 31.5 Å². The fraction of sp³-hybridized carbons (Fsp3) is 0.556. The maximum absolute atomic E-state index is 12.6. The second kappa shape index (κ2) is 7.02. The number of hydrogen-bond donors (Lipinski definition) is 1. The van der Waals surface area contributed by atoms with Crippen LogP contribution in [0.5, 0.6) is 0 Å². The van der Waals surface area contributed by atoms with Gasteiger partial charge in [0.15, 0.2) is 0 Å². The molecule has 23 heavy (non-hydrogen) atoms. The molecule has 0 radical (unpaired) electrons. The van der Waals surface area contributed by atoms with Crippen molar-refractivity contribution in [3.63, 3.8) is 0 Å². The van der Waals surface area contributed by atoms with Gasteiger partial charge in [-0.1, -0.05) is 25.1 Å². The molecule has 5 heteroatoms. The lowest BCUT2D eigenvalue weighted by Crippen LogP contribution is -2.52. The number of para-hydroxylation sites is 1. The predicted octanol–water partition coefficient (Wildman–Crippen LogP) is 2.77. The SMILES string of the molecule is CCC1CCCCN1C(=O)NC1CCN(c2ccccc2)C1=O. The number of hydrogen-bond acceptors (Lipinski definition) is 2. The molecule has 0 aliphatic carbocycles. The zero-order valence-electron chi connectivity index (χ0n) is 13.7. The molecule has 0 aromatic heterocycles. The van der Waals surface area contributed by atoms with E-state index >= 15 is 0 Å². The lowest BCUT2D eigenvalue weighted by Gasteiger charge is -2.35. The Morgan fingerprint density at radius 2 is 1.96 bits per heavy atom. The number of anilines is 1. The molecule has 2 atom stereocenters. The van der Waals surface area contributed by atoms with E-state index in [9.17, 15) is 9.59 Å². The minimum absolute atomic E-state index is 0.00499. The number of amides is 3. The van der Waals surface area contributed by atoms with Crippen molar-refractivity contribution >= 4 is 17.6 Å². The molecule has 2 fully saturated rings. The fourth-order valence-electron chi connectivity index (χ4n) is 3.60. The minimum atomic E-state index is -0.401. The average Bonchev–Trinajstić information content (AvgIpc) is 2.96. The molecule has 0 bridgehead atoms. The average molecular weight is 315 g/mol. The summed E-state index contributed by atoms with van der Waals surface area (Å²) in [7, 11) is 0. The van der Waals surface area contributed by atoms with Crippen molar-refractivity contribution in [1.82, 2.24) is 10.2 Å². The van der Waals surface area contributed by atoms with Crippen molar-refractivity contribution < 1.29 is 9.59 Å². The largest absolute Gasteiger partial charge is 0.326 e. The monoisotopic (exact) mass is 315 g/mol. The number of nitrogens with zero attached hydrogens (tertiary/aromatic N) is 2. The smallest absolute Gasteiger partial charge is 0.318 e. The molecule has 0 spiro atoms. The van der Waals surface area contributed by atoms with E-state index in [1.54, 1.807) is 4.90 Å². The molecule has 2 aliphatic rings. The van der Waals surface area contributed by atoms with E-state index < -0.39 is 6.04 Å². The molecule has 1 N–H and O–H groups in total. The number of rotatable bonds is 3. The Hall–Kier alpha value is -2.04. The van der Waals surface area contributed by atoms with Gasteiger partial charge in [0, 0.05) is 24.8 Å². The van der Waals surface area contributed by atoms with Crippen molar-refractivity contribution in [2.24, 2.45) is 0 Å². The number of nitrogens with one attached hydrogen (secondary N) is 1. The van der Waals surface area contributed by atoms with Gasteiger partial charge in [-0.2, -0.15) is 0 Å². The van der Waals surface area contributed by atoms with Crippen LogP contribution < -0.4 is 10.2 Å². The third kappa shape index (κ3) is 3.33. The summed E-state index contributed by atoms with van der Waals surface area (Å²) in [5.74, 6) is -0.00499. The summed E-state index contributed by atoms with van der Waals surface area (Å²) < 4.78 is 0. The van der Waals surface area contributed by atoms with Gasteiger partial charge in [0.2, 0.25) is 5.91 Å². The zero-order chi connectivity index (χ0) is 16.2. The number of carbonyl (C=O) groups is 2. The number of benzene rings is 1. The zero-order valence-corrected chi connectivity index (χ0v) is 13.7. The number of carbonyl (C=O) groups excluding carboxylic acids is 2. The van der Waals surface area contributed by atoms with Crippen molar-refractivity contribution in [3.8, 4) is 0 Å². The molecule has 3 amide bonds. The highest BCUT2D eigenvalue weighted by Crippen LogP contribution is 2.23. The minimum Gasteiger partial charge on any atom is -0.326 e. The molecule has 1 aromatic carbocycles. The Bertz CT molecular complexity index is 561. The first-order valence-corrected chi connectivity index (χ1v) is 8.64. The van der Waals surface area contributed by atoms with Crippen LogP contribution in [0.1, 0.15) is 39.0 Å². The van der Waals surface area contributed by atoms with Crippen LogP contribution in [-0.4, -0.2) is 42.0 Å². The summed E-state index contributed by atoms with van der Waals surface area (Å²) in [6, 6.07) is 9.48. The standard InChI is InChI=1S/C18H25N3O2/c1-2-14-8-6-7-12-21(14)18(23)19-16-11-13-20(17(16)22)15-9-4-3-5-10-15/h3-5,9-10,14,16H,2,6-8,11-13H2,1H3,(H,19,23). The third-order valence-electron chi connectivity index (χ3n) is 4.93.